The lowest BCUT2D eigenvalue weighted by Gasteiger charge is -2.24. The van der Waals surface area contributed by atoms with Gasteiger partial charge in [-0.1, -0.05) is 30.3 Å². The van der Waals surface area contributed by atoms with E-state index in [4.69, 9.17) is 4.74 Å². The van der Waals surface area contributed by atoms with Crippen molar-refractivity contribution in [3.8, 4) is 5.75 Å². The highest BCUT2D eigenvalue weighted by Gasteiger charge is 2.35. The summed E-state index contributed by atoms with van der Waals surface area (Å²) >= 11 is 1.68. The molecule has 0 saturated heterocycles. The largest absolute Gasteiger partial charge is 0.496 e. The SMILES string of the molecule is COc1cc(CNCC2(O)CCc3ccccc32)ccc1SC. The van der Waals surface area contributed by atoms with E-state index in [0.29, 0.717) is 6.54 Å². The van der Waals surface area contributed by atoms with E-state index in [0.717, 1.165) is 41.2 Å². The van der Waals surface area contributed by atoms with Gasteiger partial charge in [-0.2, -0.15) is 0 Å². The Morgan fingerprint density at radius 3 is 2.87 bits per heavy atom. The smallest absolute Gasteiger partial charge is 0.132 e. The molecule has 2 aromatic carbocycles. The molecule has 4 heteroatoms. The highest BCUT2D eigenvalue weighted by Crippen LogP contribution is 2.36. The van der Waals surface area contributed by atoms with Gasteiger partial charge in [0.1, 0.15) is 11.4 Å². The molecule has 0 radical (unpaired) electrons. The number of nitrogens with one attached hydrogen (secondary N) is 1. The summed E-state index contributed by atoms with van der Waals surface area (Å²) < 4.78 is 5.42. The van der Waals surface area contributed by atoms with Crippen molar-refractivity contribution in [2.75, 3.05) is 19.9 Å². The Morgan fingerprint density at radius 2 is 2.09 bits per heavy atom. The summed E-state index contributed by atoms with van der Waals surface area (Å²) in [5.74, 6) is 0.904. The molecule has 0 fully saturated rings. The van der Waals surface area contributed by atoms with Crippen LogP contribution in [-0.2, 0) is 18.6 Å². The van der Waals surface area contributed by atoms with E-state index in [1.807, 2.05) is 24.5 Å². The number of aryl methyl sites for hydroxylation is 1. The van der Waals surface area contributed by atoms with E-state index in [-0.39, 0.29) is 0 Å². The van der Waals surface area contributed by atoms with Crippen molar-refractivity contribution >= 4 is 11.8 Å². The average molecular weight is 329 g/mol. The van der Waals surface area contributed by atoms with Crippen molar-refractivity contribution in [1.82, 2.24) is 5.32 Å². The molecular formula is C19H23NO2S. The molecule has 1 unspecified atom stereocenters. The fraction of sp³-hybridized carbons (Fsp3) is 0.368. The van der Waals surface area contributed by atoms with Crippen LogP contribution in [0.2, 0.25) is 0 Å². The van der Waals surface area contributed by atoms with Gasteiger partial charge in [-0.3, -0.25) is 0 Å². The van der Waals surface area contributed by atoms with Gasteiger partial charge in [0, 0.05) is 18.0 Å². The minimum Gasteiger partial charge on any atom is -0.496 e. The van der Waals surface area contributed by atoms with E-state index in [2.05, 4.69) is 29.6 Å². The van der Waals surface area contributed by atoms with Gasteiger partial charge in [-0.05, 0) is 47.9 Å². The second-order valence-electron chi connectivity index (χ2n) is 5.98. The number of hydrogen-bond acceptors (Lipinski definition) is 4. The van der Waals surface area contributed by atoms with Gasteiger partial charge in [0.15, 0.2) is 0 Å². The molecule has 0 amide bonds. The molecular weight excluding hydrogens is 306 g/mol. The maximum absolute atomic E-state index is 10.9. The highest BCUT2D eigenvalue weighted by molar-refractivity contribution is 7.98. The van der Waals surface area contributed by atoms with E-state index >= 15 is 0 Å². The van der Waals surface area contributed by atoms with Crippen molar-refractivity contribution in [3.63, 3.8) is 0 Å². The third-order valence-corrected chi connectivity index (χ3v) is 5.30. The van der Waals surface area contributed by atoms with E-state index in [1.165, 1.54) is 5.56 Å². The molecule has 1 aliphatic carbocycles. The van der Waals surface area contributed by atoms with Crippen LogP contribution in [0.1, 0.15) is 23.1 Å². The minimum absolute atomic E-state index is 0.566. The number of hydrogen-bond donors (Lipinski definition) is 2. The molecule has 0 bridgehead atoms. The molecule has 0 saturated carbocycles. The lowest BCUT2D eigenvalue weighted by Crippen LogP contribution is -2.35. The Labute approximate surface area is 142 Å². The number of rotatable bonds is 6. The van der Waals surface area contributed by atoms with Crippen LogP contribution in [0.3, 0.4) is 0 Å². The van der Waals surface area contributed by atoms with Crippen molar-refractivity contribution < 1.29 is 9.84 Å². The zero-order valence-corrected chi connectivity index (χ0v) is 14.5. The third-order valence-electron chi connectivity index (χ3n) is 4.52. The molecule has 122 valence electrons. The van der Waals surface area contributed by atoms with Crippen LogP contribution in [-0.4, -0.2) is 25.0 Å². The summed E-state index contributed by atoms with van der Waals surface area (Å²) in [4.78, 5) is 1.14. The van der Waals surface area contributed by atoms with Crippen molar-refractivity contribution in [3.05, 3.63) is 59.2 Å². The van der Waals surface area contributed by atoms with E-state index in [1.54, 1.807) is 18.9 Å². The average Bonchev–Trinajstić information content (AvgIpc) is 2.92. The number of fused-ring (bicyclic) bond motifs is 1. The molecule has 3 nitrogen and oxygen atoms in total. The molecule has 23 heavy (non-hydrogen) atoms. The maximum atomic E-state index is 10.9. The normalized spacial score (nSPS) is 19.6. The van der Waals surface area contributed by atoms with Gasteiger partial charge in [0.05, 0.1) is 7.11 Å². The highest BCUT2D eigenvalue weighted by atomic mass is 32.2. The topological polar surface area (TPSA) is 41.5 Å². The van der Waals surface area contributed by atoms with Gasteiger partial charge in [0.2, 0.25) is 0 Å². The number of aliphatic hydroxyl groups is 1. The monoisotopic (exact) mass is 329 g/mol. The predicted octanol–water partition coefficient (Wildman–Crippen LogP) is 3.34. The summed E-state index contributed by atoms with van der Waals surface area (Å²) in [7, 11) is 1.70. The van der Waals surface area contributed by atoms with Crippen LogP contribution in [0.25, 0.3) is 0 Å². The first-order valence-corrected chi connectivity index (χ1v) is 9.11. The second kappa shape index (κ2) is 6.95. The first-order valence-electron chi connectivity index (χ1n) is 7.89. The van der Waals surface area contributed by atoms with Crippen LogP contribution in [0.4, 0.5) is 0 Å². The number of ether oxygens (including phenoxy) is 1. The van der Waals surface area contributed by atoms with Crippen molar-refractivity contribution in [2.45, 2.75) is 29.9 Å². The summed E-state index contributed by atoms with van der Waals surface area (Å²) in [6.45, 7) is 1.28. The van der Waals surface area contributed by atoms with Crippen molar-refractivity contribution in [2.24, 2.45) is 0 Å². The van der Waals surface area contributed by atoms with E-state index < -0.39 is 5.60 Å². The Kier molecular flexibility index (Phi) is 4.95. The molecule has 0 aliphatic heterocycles. The Bertz CT molecular complexity index is 689. The predicted molar refractivity (Wildman–Crippen MR) is 95.1 cm³/mol. The third kappa shape index (κ3) is 3.39. The second-order valence-corrected chi connectivity index (χ2v) is 6.83. The quantitative estimate of drug-likeness (QED) is 0.798. The first kappa shape index (κ1) is 16.4. The maximum Gasteiger partial charge on any atom is 0.132 e. The molecule has 0 spiro atoms. The van der Waals surface area contributed by atoms with Gasteiger partial charge < -0.3 is 15.2 Å². The van der Waals surface area contributed by atoms with Crippen LogP contribution < -0.4 is 10.1 Å². The molecule has 2 N–H and O–H groups in total. The number of methoxy groups -OCH3 is 1. The van der Waals surface area contributed by atoms with Crippen LogP contribution >= 0.6 is 11.8 Å². The summed E-state index contributed by atoms with van der Waals surface area (Å²) in [6.07, 6.45) is 3.78. The molecule has 1 atom stereocenters. The Hall–Kier alpha value is -1.49. The minimum atomic E-state index is -0.750. The molecule has 2 aromatic rings. The van der Waals surface area contributed by atoms with Gasteiger partial charge >= 0.3 is 0 Å². The summed E-state index contributed by atoms with van der Waals surface area (Å²) in [5, 5.41) is 14.3. The zero-order chi connectivity index (χ0) is 16.3. The lowest BCUT2D eigenvalue weighted by atomic mass is 9.96. The number of thioether (sulfide) groups is 1. The molecule has 3 rings (SSSR count). The van der Waals surface area contributed by atoms with Crippen LogP contribution in [0.5, 0.6) is 5.75 Å². The van der Waals surface area contributed by atoms with Gasteiger partial charge in [-0.15, -0.1) is 11.8 Å². The van der Waals surface area contributed by atoms with Crippen LogP contribution in [0.15, 0.2) is 47.4 Å². The van der Waals surface area contributed by atoms with Crippen molar-refractivity contribution in [1.29, 1.82) is 0 Å². The van der Waals surface area contributed by atoms with E-state index in [9.17, 15) is 5.11 Å². The Balaban J connectivity index is 1.64. The first-order chi connectivity index (χ1) is 11.2. The van der Waals surface area contributed by atoms with Gasteiger partial charge in [0.25, 0.3) is 0 Å². The summed E-state index contributed by atoms with van der Waals surface area (Å²) in [5.41, 5.74) is 2.75. The fourth-order valence-corrected chi connectivity index (χ4v) is 3.80. The Morgan fingerprint density at radius 1 is 1.26 bits per heavy atom. The molecule has 0 heterocycles. The van der Waals surface area contributed by atoms with Gasteiger partial charge in [-0.25, -0.2) is 0 Å². The zero-order valence-electron chi connectivity index (χ0n) is 13.6. The summed E-state index contributed by atoms with van der Waals surface area (Å²) in [6, 6.07) is 14.4. The van der Waals surface area contributed by atoms with Crippen LogP contribution in [0, 0.1) is 0 Å². The molecule has 1 aliphatic rings. The molecule has 0 aromatic heterocycles. The number of benzene rings is 2. The lowest BCUT2D eigenvalue weighted by molar-refractivity contribution is 0.0384. The fourth-order valence-electron chi connectivity index (χ4n) is 3.26. The standard InChI is InChI=1S/C19H23NO2S/c1-22-17-11-14(7-8-18(17)23-2)12-20-13-19(21)10-9-15-5-3-4-6-16(15)19/h3-8,11,20-21H,9-10,12-13H2,1-2H3.